The molecule has 0 aromatic carbocycles. The molecule has 0 amide bonds. The third kappa shape index (κ3) is 8.92. The molecule has 0 spiro atoms. The summed E-state index contributed by atoms with van der Waals surface area (Å²) in [6.45, 7) is 0.561. The summed E-state index contributed by atoms with van der Waals surface area (Å²) in [6.07, 6.45) is 5.06. The molecule has 0 bridgehead atoms. The summed E-state index contributed by atoms with van der Waals surface area (Å²) in [5.74, 6) is 0. The summed E-state index contributed by atoms with van der Waals surface area (Å²) < 4.78 is 0. The molecule has 0 fully saturated rings. The van der Waals surface area contributed by atoms with Crippen LogP contribution in [0.25, 0.3) is 0 Å². The van der Waals surface area contributed by atoms with Gasteiger partial charge in [0.25, 0.3) is 0 Å². The van der Waals surface area contributed by atoms with Crippen molar-refractivity contribution >= 4 is 43.7 Å². The number of pyridine rings is 2. The van der Waals surface area contributed by atoms with Gasteiger partial charge in [-0.2, -0.15) is 5.10 Å². The van der Waals surface area contributed by atoms with Gasteiger partial charge in [-0.3, -0.25) is 15.4 Å². The number of halogens is 2. The molecule has 0 unspecified atom stereocenters. The zero-order valence-corrected chi connectivity index (χ0v) is 14.5. The van der Waals surface area contributed by atoms with Crippen LogP contribution in [-0.2, 0) is 19.7 Å². The summed E-state index contributed by atoms with van der Waals surface area (Å²) in [5.41, 5.74) is 4.41. The monoisotopic (exact) mass is 404 g/mol. The molecule has 0 aliphatic heterocycles. The minimum absolute atomic E-state index is 0.442. The van der Waals surface area contributed by atoms with Crippen molar-refractivity contribution in [3.8, 4) is 0 Å². The van der Waals surface area contributed by atoms with E-state index >= 15 is 0 Å². The van der Waals surface area contributed by atoms with Crippen molar-refractivity contribution in [3.63, 3.8) is 0 Å². The first-order valence-corrected chi connectivity index (χ1v) is 8.95. The van der Waals surface area contributed by atoms with Crippen molar-refractivity contribution in [2.75, 3.05) is 0 Å². The Kier molecular flexibility index (Phi) is 10.5. The Morgan fingerprint density at radius 2 is 1.86 bits per heavy atom. The van der Waals surface area contributed by atoms with Gasteiger partial charge in [-0.1, -0.05) is 12.1 Å². The molecule has 9 heteroatoms. The zero-order valence-electron chi connectivity index (χ0n) is 11.2. The second-order valence-electron chi connectivity index (χ2n) is 3.67. The fraction of sp³-hybridized carbons (Fsp3) is 0.0769. The topological polar surface area (TPSA) is 62.2 Å². The molecule has 22 heavy (non-hydrogen) atoms. The first-order valence-electron chi connectivity index (χ1n) is 5.95. The van der Waals surface area contributed by atoms with E-state index in [2.05, 4.69) is 46.0 Å². The molecule has 2 heterocycles. The summed E-state index contributed by atoms with van der Waals surface area (Å²) >= 11 is 5.84. The molecule has 0 aliphatic carbocycles. The Labute approximate surface area is 149 Å². The Hall–Kier alpha value is -1.24. The summed E-state index contributed by atoms with van der Waals surface area (Å²) in [5, 5.41) is 7.44. The Balaban J connectivity index is 0.000000745. The van der Waals surface area contributed by atoms with E-state index in [4.69, 9.17) is 12.2 Å². The summed E-state index contributed by atoms with van der Waals surface area (Å²) in [4.78, 5) is 8.29. The molecule has 0 saturated heterocycles. The standard InChI is InChI=1S/C13H13N5S.2ClH.Cu/c19-13(16-9-11-5-1-3-7-14-11)18-17-10-12-6-2-4-8-15-12;;;/h1-8,10H,9H2,(H2,16,18,19);2*1H;/q;;;+2/p-2/b17-10+;;;. The Morgan fingerprint density at radius 3 is 2.45 bits per heavy atom. The Morgan fingerprint density at radius 1 is 1.18 bits per heavy atom. The molecule has 0 atom stereocenters. The van der Waals surface area contributed by atoms with E-state index in [0.717, 1.165) is 24.5 Å². The van der Waals surface area contributed by atoms with Gasteiger partial charge in [-0.15, -0.1) is 0 Å². The van der Waals surface area contributed by atoms with Gasteiger partial charge >= 0.3 is 33.3 Å². The van der Waals surface area contributed by atoms with E-state index in [9.17, 15) is 0 Å². The van der Waals surface area contributed by atoms with E-state index < -0.39 is 0 Å². The molecule has 5 nitrogen and oxygen atoms in total. The molecule has 0 aliphatic rings. The Bertz CT molecular complexity index is 571. The van der Waals surface area contributed by atoms with Crippen molar-refractivity contribution in [1.82, 2.24) is 20.7 Å². The number of hydrogen-bond donors (Lipinski definition) is 2. The van der Waals surface area contributed by atoms with Gasteiger partial charge < -0.3 is 5.32 Å². The van der Waals surface area contributed by atoms with Crippen LogP contribution in [-0.4, -0.2) is 21.3 Å². The maximum atomic E-state index is 5.08. The molecule has 2 rings (SSSR count). The predicted octanol–water partition coefficient (Wildman–Crippen LogP) is 2.85. The molecule has 2 aromatic rings. The van der Waals surface area contributed by atoms with Crippen LogP contribution in [0.3, 0.4) is 0 Å². The van der Waals surface area contributed by atoms with Crippen molar-refractivity contribution < 1.29 is 13.1 Å². The third-order valence-electron chi connectivity index (χ3n) is 2.21. The van der Waals surface area contributed by atoms with E-state index in [-0.39, 0.29) is 0 Å². The van der Waals surface area contributed by atoms with Crippen molar-refractivity contribution in [1.29, 1.82) is 0 Å². The van der Waals surface area contributed by atoms with Crippen LogP contribution in [0.1, 0.15) is 11.4 Å². The van der Waals surface area contributed by atoms with E-state index in [0.29, 0.717) is 11.7 Å². The number of thiocarbonyl (C=S) groups is 1. The summed E-state index contributed by atoms with van der Waals surface area (Å²) in [6, 6.07) is 11.3. The third-order valence-corrected chi connectivity index (χ3v) is 2.44. The average Bonchev–Trinajstić information content (AvgIpc) is 2.56. The van der Waals surface area contributed by atoms with Crippen molar-refractivity contribution in [3.05, 3.63) is 60.2 Å². The van der Waals surface area contributed by atoms with Crippen LogP contribution in [0.15, 0.2) is 53.9 Å². The second kappa shape index (κ2) is 12.3. The van der Waals surface area contributed by atoms with Crippen LogP contribution in [0.4, 0.5) is 0 Å². The van der Waals surface area contributed by atoms with Gasteiger partial charge in [0.05, 0.1) is 24.1 Å². The van der Waals surface area contributed by atoms with Gasteiger partial charge in [-0.05, 0) is 36.5 Å². The molecule has 0 radical (unpaired) electrons. The molecule has 2 N–H and O–H groups in total. The first kappa shape index (κ1) is 18.8. The number of hydrogen-bond acceptors (Lipinski definition) is 4. The van der Waals surface area contributed by atoms with Gasteiger partial charge in [0.15, 0.2) is 5.11 Å². The fourth-order valence-corrected chi connectivity index (χ4v) is 1.45. The normalized spacial score (nSPS) is 9.91. The van der Waals surface area contributed by atoms with Crippen LogP contribution in [0.2, 0.25) is 0 Å². The summed E-state index contributed by atoms with van der Waals surface area (Å²) in [7, 11) is 9.34. The number of nitrogens with zero attached hydrogens (tertiary/aromatic N) is 3. The second-order valence-corrected chi connectivity index (χ2v) is 5.63. The van der Waals surface area contributed by atoms with Crippen LogP contribution >= 0.6 is 32.4 Å². The van der Waals surface area contributed by atoms with Gasteiger partial charge in [0, 0.05) is 12.4 Å². The number of hydrazone groups is 1. The van der Waals surface area contributed by atoms with Gasteiger partial charge in [0.1, 0.15) is 0 Å². The SMILES string of the molecule is S=C(NCc1ccccn1)N/N=C/c1ccccn1.[Cl][Cu][Cl]. The fourth-order valence-electron chi connectivity index (χ4n) is 1.32. The van der Waals surface area contributed by atoms with Gasteiger partial charge in [-0.25, -0.2) is 0 Å². The molecule has 121 valence electrons. The predicted molar refractivity (Wildman–Crippen MR) is 90.3 cm³/mol. The zero-order chi connectivity index (χ0) is 16.0. The molecule has 0 saturated carbocycles. The number of nitrogens with one attached hydrogen (secondary N) is 2. The van der Waals surface area contributed by atoms with E-state index in [1.165, 1.54) is 0 Å². The minimum atomic E-state index is 0.442. The van der Waals surface area contributed by atoms with Crippen molar-refractivity contribution in [2.24, 2.45) is 5.10 Å². The molecule has 2 aromatic heterocycles. The quantitative estimate of drug-likeness (QED) is 0.354. The van der Waals surface area contributed by atoms with Gasteiger partial charge in [0.2, 0.25) is 0 Å². The number of aromatic nitrogens is 2. The van der Waals surface area contributed by atoms with E-state index in [1.54, 1.807) is 18.6 Å². The number of rotatable bonds is 4. The van der Waals surface area contributed by atoms with Crippen LogP contribution in [0.5, 0.6) is 0 Å². The average molecular weight is 406 g/mol. The molecular weight excluding hydrogens is 393 g/mol. The maximum absolute atomic E-state index is 5.08. The van der Waals surface area contributed by atoms with Crippen LogP contribution in [0, 0.1) is 0 Å². The molecular formula is C13H13Cl2CuN5S. The van der Waals surface area contributed by atoms with Crippen molar-refractivity contribution in [2.45, 2.75) is 6.54 Å². The van der Waals surface area contributed by atoms with E-state index in [1.807, 2.05) is 36.4 Å². The first-order chi connectivity index (χ1) is 10.8. The van der Waals surface area contributed by atoms with Crippen LogP contribution < -0.4 is 10.7 Å².